The second-order valence-corrected chi connectivity index (χ2v) is 5.25. The van der Waals surface area contributed by atoms with E-state index in [-0.39, 0.29) is 17.7 Å². The first kappa shape index (κ1) is 14.5. The molecule has 0 saturated heterocycles. The van der Waals surface area contributed by atoms with Crippen molar-refractivity contribution >= 4 is 11.9 Å². The van der Waals surface area contributed by atoms with E-state index in [9.17, 15) is 9.59 Å². The van der Waals surface area contributed by atoms with Crippen LogP contribution in [-0.4, -0.2) is 33.4 Å². The summed E-state index contributed by atoms with van der Waals surface area (Å²) in [6, 6.07) is 3.79. The Morgan fingerprint density at radius 3 is 2.50 bits per heavy atom. The Balaban J connectivity index is 1.98. The molecule has 2 atom stereocenters. The van der Waals surface area contributed by atoms with Crippen molar-refractivity contribution < 1.29 is 14.7 Å². The van der Waals surface area contributed by atoms with Gasteiger partial charge in [0.05, 0.1) is 5.92 Å². The van der Waals surface area contributed by atoms with E-state index in [4.69, 9.17) is 5.11 Å². The van der Waals surface area contributed by atoms with Crippen molar-refractivity contribution in [3.63, 3.8) is 0 Å². The lowest BCUT2D eigenvalue weighted by Gasteiger charge is -2.24. The number of aromatic nitrogens is 1. The maximum atomic E-state index is 12.5. The number of carbonyl (C=O) groups is 2. The van der Waals surface area contributed by atoms with Crippen molar-refractivity contribution in [2.45, 2.75) is 32.7 Å². The highest BCUT2D eigenvalue weighted by molar-refractivity contribution is 5.81. The number of nitrogens with zero attached hydrogens (tertiary/aromatic N) is 2. The first-order valence-electron chi connectivity index (χ1n) is 7.02. The molecule has 1 aromatic rings. The van der Waals surface area contributed by atoms with Gasteiger partial charge < -0.3 is 10.0 Å². The molecule has 1 N–H and O–H groups in total. The normalized spacial score (nSPS) is 21.6. The number of amides is 1. The van der Waals surface area contributed by atoms with Crippen molar-refractivity contribution in [1.82, 2.24) is 9.88 Å². The minimum atomic E-state index is -0.780. The van der Waals surface area contributed by atoms with Crippen LogP contribution in [-0.2, 0) is 16.1 Å². The van der Waals surface area contributed by atoms with Crippen molar-refractivity contribution in [3.05, 3.63) is 30.1 Å². The zero-order valence-corrected chi connectivity index (χ0v) is 11.7. The molecule has 1 aromatic heterocycles. The molecule has 5 nitrogen and oxygen atoms in total. The number of carbonyl (C=O) groups excluding carboxylic acids is 1. The van der Waals surface area contributed by atoms with Crippen LogP contribution in [0.15, 0.2) is 24.5 Å². The largest absolute Gasteiger partial charge is 0.481 e. The fourth-order valence-electron chi connectivity index (χ4n) is 2.74. The molecule has 0 bridgehead atoms. The Hall–Kier alpha value is -1.91. The molecule has 1 heterocycles. The molecule has 0 aromatic carbocycles. The fraction of sp³-hybridized carbons (Fsp3) is 0.533. The summed E-state index contributed by atoms with van der Waals surface area (Å²) in [6.07, 6.45) is 5.19. The van der Waals surface area contributed by atoms with Crippen molar-refractivity contribution in [1.29, 1.82) is 0 Å². The second-order valence-electron chi connectivity index (χ2n) is 5.25. The van der Waals surface area contributed by atoms with E-state index in [0.717, 1.165) is 5.56 Å². The third kappa shape index (κ3) is 3.35. The summed E-state index contributed by atoms with van der Waals surface area (Å²) in [4.78, 5) is 29.2. The molecule has 2 unspecified atom stereocenters. The summed E-state index contributed by atoms with van der Waals surface area (Å²) in [6.45, 7) is 3.14. The Morgan fingerprint density at radius 1 is 1.30 bits per heavy atom. The van der Waals surface area contributed by atoms with Gasteiger partial charge in [-0.25, -0.2) is 0 Å². The quantitative estimate of drug-likeness (QED) is 0.892. The predicted molar refractivity (Wildman–Crippen MR) is 73.8 cm³/mol. The Kier molecular flexibility index (Phi) is 4.71. The van der Waals surface area contributed by atoms with Crippen molar-refractivity contribution in [3.8, 4) is 0 Å². The number of hydrogen-bond donors (Lipinski definition) is 1. The van der Waals surface area contributed by atoms with Crippen LogP contribution >= 0.6 is 0 Å². The third-order valence-electron chi connectivity index (χ3n) is 3.95. The van der Waals surface area contributed by atoms with E-state index in [1.807, 2.05) is 19.1 Å². The summed E-state index contributed by atoms with van der Waals surface area (Å²) >= 11 is 0. The minimum absolute atomic E-state index is 0.0769. The molecule has 0 radical (unpaired) electrons. The van der Waals surface area contributed by atoms with E-state index in [0.29, 0.717) is 32.4 Å². The molecule has 0 aliphatic heterocycles. The molecular weight excluding hydrogens is 256 g/mol. The number of carboxylic acids is 1. The van der Waals surface area contributed by atoms with Crippen LogP contribution in [0.4, 0.5) is 0 Å². The Bertz CT molecular complexity index is 475. The Labute approximate surface area is 118 Å². The van der Waals surface area contributed by atoms with Crippen molar-refractivity contribution in [2.75, 3.05) is 6.54 Å². The number of pyridine rings is 1. The summed E-state index contributed by atoms with van der Waals surface area (Å²) in [5, 5.41) is 9.01. The van der Waals surface area contributed by atoms with E-state index < -0.39 is 5.97 Å². The second kappa shape index (κ2) is 6.50. The summed E-state index contributed by atoms with van der Waals surface area (Å²) in [5.41, 5.74) is 1.04. The monoisotopic (exact) mass is 276 g/mol. The van der Waals surface area contributed by atoms with Gasteiger partial charge in [-0.1, -0.05) is 0 Å². The van der Waals surface area contributed by atoms with E-state index in [2.05, 4.69) is 4.98 Å². The van der Waals surface area contributed by atoms with Gasteiger partial charge >= 0.3 is 5.97 Å². The molecule has 1 saturated carbocycles. The fourth-order valence-corrected chi connectivity index (χ4v) is 2.74. The van der Waals surface area contributed by atoms with Gasteiger partial charge in [0.15, 0.2) is 0 Å². The van der Waals surface area contributed by atoms with E-state index in [1.165, 1.54) is 0 Å². The van der Waals surface area contributed by atoms with Crippen LogP contribution in [0.25, 0.3) is 0 Å². The lowest BCUT2D eigenvalue weighted by atomic mass is 10.0. The van der Waals surface area contributed by atoms with Gasteiger partial charge in [0, 0.05) is 31.4 Å². The van der Waals surface area contributed by atoms with Gasteiger partial charge in [-0.15, -0.1) is 0 Å². The van der Waals surface area contributed by atoms with Gasteiger partial charge in [-0.3, -0.25) is 14.6 Å². The van der Waals surface area contributed by atoms with Crippen LogP contribution < -0.4 is 0 Å². The molecule has 2 rings (SSSR count). The first-order valence-corrected chi connectivity index (χ1v) is 7.02. The average molecular weight is 276 g/mol. The van der Waals surface area contributed by atoms with Crippen molar-refractivity contribution in [2.24, 2.45) is 11.8 Å². The zero-order valence-electron chi connectivity index (χ0n) is 11.7. The van der Waals surface area contributed by atoms with Gasteiger partial charge in [0.2, 0.25) is 5.91 Å². The highest BCUT2D eigenvalue weighted by atomic mass is 16.4. The lowest BCUT2D eigenvalue weighted by Crippen LogP contribution is -2.35. The van der Waals surface area contributed by atoms with Crippen LogP contribution in [0, 0.1) is 11.8 Å². The number of hydrogen-bond acceptors (Lipinski definition) is 3. The van der Waals surface area contributed by atoms with Crippen LogP contribution in [0.1, 0.15) is 31.7 Å². The number of carboxylic acid groups (broad SMARTS) is 1. The molecule has 108 valence electrons. The molecule has 1 aliphatic rings. The minimum Gasteiger partial charge on any atom is -0.481 e. The lowest BCUT2D eigenvalue weighted by molar-refractivity contribution is -0.141. The molecule has 20 heavy (non-hydrogen) atoms. The molecule has 1 fully saturated rings. The van der Waals surface area contributed by atoms with Crippen LogP contribution in [0.5, 0.6) is 0 Å². The highest BCUT2D eigenvalue weighted by Gasteiger charge is 2.35. The van der Waals surface area contributed by atoms with Gasteiger partial charge in [-0.05, 0) is 43.9 Å². The molecule has 5 heteroatoms. The topological polar surface area (TPSA) is 70.5 Å². The molecule has 0 spiro atoms. The maximum Gasteiger partial charge on any atom is 0.306 e. The molecule has 1 amide bonds. The smallest absolute Gasteiger partial charge is 0.306 e. The van der Waals surface area contributed by atoms with Gasteiger partial charge in [0.25, 0.3) is 0 Å². The summed E-state index contributed by atoms with van der Waals surface area (Å²) in [5.74, 6) is -1.20. The summed E-state index contributed by atoms with van der Waals surface area (Å²) < 4.78 is 0. The molecule has 1 aliphatic carbocycles. The maximum absolute atomic E-state index is 12.5. The Morgan fingerprint density at radius 2 is 1.95 bits per heavy atom. The third-order valence-corrected chi connectivity index (χ3v) is 3.95. The van der Waals surface area contributed by atoms with Crippen LogP contribution in [0.2, 0.25) is 0 Å². The predicted octanol–water partition coefficient (Wildman–Crippen LogP) is 1.93. The highest BCUT2D eigenvalue weighted by Crippen LogP contribution is 2.32. The first-order chi connectivity index (χ1) is 9.61. The van der Waals surface area contributed by atoms with Gasteiger partial charge in [0.1, 0.15) is 0 Å². The average Bonchev–Trinajstić information content (AvgIpc) is 2.95. The number of aliphatic carboxylic acids is 1. The van der Waals surface area contributed by atoms with E-state index in [1.54, 1.807) is 17.3 Å². The van der Waals surface area contributed by atoms with Gasteiger partial charge in [-0.2, -0.15) is 0 Å². The summed E-state index contributed by atoms with van der Waals surface area (Å²) in [7, 11) is 0. The SMILES string of the molecule is CCN(Cc1ccncc1)C(=O)C1CCC(C(=O)O)C1. The zero-order chi connectivity index (χ0) is 14.5. The number of rotatable bonds is 5. The van der Waals surface area contributed by atoms with E-state index >= 15 is 0 Å². The van der Waals surface area contributed by atoms with Crippen LogP contribution in [0.3, 0.4) is 0 Å². The molecular formula is C15H20N2O3. The standard InChI is InChI=1S/C15H20N2O3/c1-2-17(10-11-5-7-16-8-6-11)14(18)12-3-4-13(9-12)15(19)20/h5-8,12-13H,2-4,9-10H2,1H3,(H,19,20).